The van der Waals surface area contributed by atoms with Gasteiger partial charge in [0.25, 0.3) is 0 Å². The van der Waals surface area contributed by atoms with Crippen molar-refractivity contribution in [3.8, 4) is 5.75 Å². The van der Waals surface area contributed by atoms with Gasteiger partial charge in [-0.25, -0.2) is 4.79 Å². The van der Waals surface area contributed by atoms with Crippen molar-refractivity contribution < 1.29 is 13.9 Å². The van der Waals surface area contributed by atoms with Crippen molar-refractivity contribution in [1.29, 1.82) is 0 Å². The average Bonchev–Trinajstić information content (AvgIpc) is 2.61. The van der Waals surface area contributed by atoms with Gasteiger partial charge >= 0.3 is 5.63 Å². The van der Waals surface area contributed by atoms with Crippen molar-refractivity contribution in [2.45, 2.75) is 77.7 Å². The fourth-order valence-electron chi connectivity index (χ4n) is 4.92. The van der Waals surface area contributed by atoms with E-state index in [0.29, 0.717) is 29.2 Å². The molecule has 4 nitrogen and oxygen atoms in total. The van der Waals surface area contributed by atoms with Gasteiger partial charge in [-0.05, 0) is 56.6 Å². The van der Waals surface area contributed by atoms with Crippen LogP contribution in [0.4, 0.5) is 0 Å². The van der Waals surface area contributed by atoms with Crippen LogP contribution in [0.2, 0.25) is 0 Å². The lowest BCUT2D eigenvalue weighted by atomic mass is 9.74. The lowest BCUT2D eigenvalue weighted by molar-refractivity contribution is -0.00127. The van der Waals surface area contributed by atoms with Crippen LogP contribution in [0.25, 0.3) is 11.0 Å². The third-order valence-electron chi connectivity index (χ3n) is 6.25. The summed E-state index contributed by atoms with van der Waals surface area (Å²) in [6.07, 6.45) is 7.43. The summed E-state index contributed by atoms with van der Waals surface area (Å²) in [5, 5.41) is 0.879. The molecule has 0 amide bonds. The molecule has 27 heavy (non-hydrogen) atoms. The van der Waals surface area contributed by atoms with Crippen molar-refractivity contribution in [3.63, 3.8) is 0 Å². The summed E-state index contributed by atoms with van der Waals surface area (Å²) in [6.45, 7) is 6.27. The number of Topliss-reactive ketones (excluding diaryl/α,β-unsaturated/α-hetero) is 1. The van der Waals surface area contributed by atoms with Crippen LogP contribution < -0.4 is 10.4 Å². The molecule has 1 saturated carbocycles. The second kappa shape index (κ2) is 6.81. The highest BCUT2D eigenvalue weighted by Crippen LogP contribution is 2.46. The third-order valence-corrected chi connectivity index (χ3v) is 6.25. The summed E-state index contributed by atoms with van der Waals surface area (Å²) in [4.78, 5) is 25.2. The topological polar surface area (TPSA) is 56.5 Å². The zero-order chi connectivity index (χ0) is 19.2. The molecule has 2 atom stereocenters. The largest absolute Gasteiger partial charge is 0.486 e. The Morgan fingerprint density at radius 1 is 1.26 bits per heavy atom. The smallest absolute Gasteiger partial charge is 0.336 e. The van der Waals surface area contributed by atoms with Crippen LogP contribution in [-0.4, -0.2) is 11.4 Å². The van der Waals surface area contributed by atoms with Gasteiger partial charge in [-0.15, -0.1) is 0 Å². The minimum atomic E-state index is -0.389. The molecule has 0 radical (unpaired) electrons. The number of carbonyl (C=O) groups excluding carboxylic acids is 1. The highest BCUT2D eigenvalue weighted by molar-refractivity contribution is 6.05. The molecule has 0 bridgehead atoms. The number of unbranched alkanes of at least 4 members (excludes halogenated alkanes) is 1. The van der Waals surface area contributed by atoms with E-state index < -0.39 is 0 Å². The molecule has 2 aromatic rings. The first kappa shape index (κ1) is 18.3. The van der Waals surface area contributed by atoms with Gasteiger partial charge in [-0.3, -0.25) is 4.79 Å². The molecular formula is C23H28O4. The number of benzene rings is 1. The number of aryl methyl sites for hydroxylation is 2. The van der Waals surface area contributed by atoms with Gasteiger partial charge in [0.15, 0.2) is 5.78 Å². The van der Waals surface area contributed by atoms with Gasteiger partial charge in [0.1, 0.15) is 16.9 Å². The second-order valence-electron chi connectivity index (χ2n) is 8.54. The molecule has 144 valence electrons. The molecule has 1 aromatic carbocycles. The average molecular weight is 368 g/mol. The van der Waals surface area contributed by atoms with E-state index in [1.165, 1.54) is 6.42 Å². The number of hydrogen-bond acceptors (Lipinski definition) is 4. The quantitative estimate of drug-likeness (QED) is 0.685. The van der Waals surface area contributed by atoms with Crippen LogP contribution in [0.1, 0.15) is 80.3 Å². The number of ether oxygens (including phenoxy) is 1. The number of hydrogen-bond donors (Lipinski definition) is 0. The van der Waals surface area contributed by atoms with Crippen LogP contribution in [0.3, 0.4) is 0 Å². The number of fused-ring (bicyclic) bond motifs is 2. The molecule has 1 aliphatic carbocycles. The highest BCUT2D eigenvalue weighted by atomic mass is 16.5. The van der Waals surface area contributed by atoms with Gasteiger partial charge in [-0.2, -0.15) is 0 Å². The van der Waals surface area contributed by atoms with E-state index in [2.05, 4.69) is 13.8 Å². The Labute approximate surface area is 159 Å². The monoisotopic (exact) mass is 368 g/mol. The number of ketones is 1. The van der Waals surface area contributed by atoms with Gasteiger partial charge in [-0.1, -0.05) is 26.7 Å². The summed E-state index contributed by atoms with van der Waals surface area (Å²) in [5.41, 5.74) is 2.24. The Hall–Kier alpha value is -2.10. The molecule has 0 saturated heterocycles. The van der Waals surface area contributed by atoms with Crippen LogP contribution >= 0.6 is 0 Å². The summed E-state index contributed by atoms with van der Waals surface area (Å²) < 4.78 is 12.1. The van der Waals surface area contributed by atoms with E-state index in [9.17, 15) is 9.59 Å². The molecule has 1 aliphatic heterocycles. The molecule has 4 rings (SSSR count). The molecule has 1 fully saturated rings. The summed E-state index contributed by atoms with van der Waals surface area (Å²) >= 11 is 0. The van der Waals surface area contributed by atoms with E-state index in [1.807, 2.05) is 13.0 Å². The molecule has 4 heteroatoms. The van der Waals surface area contributed by atoms with Crippen LogP contribution in [0, 0.1) is 12.8 Å². The van der Waals surface area contributed by atoms with Crippen molar-refractivity contribution in [1.82, 2.24) is 0 Å². The molecule has 2 unspecified atom stereocenters. The Balaban J connectivity index is 1.86. The van der Waals surface area contributed by atoms with Gasteiger partial charge in [0.05, 0.1) is 12.0 Å². The molecular weight excluding hydrogens is 340 g/mol. The lowest BCUT2D eigenvalue weighted by Crippen LogP contribution is -2.45. The fraction of sp³-hybridized carbons (Fsp3) is 0.565. The van der Waals surface area contributed by atoms with E-state index in [-0.39, 0.29) is 17.0 Å². The second-order valence-corrected chi connectivity index (χ2v) is 8.54. The first-order chi connectivity index (χ1) is 12.9. The van der Waals surface area contributed by atoms with Crippen LogP contribution in [0.15, 0.2) is 21.3 Å². The first-order valence-electron chi connectivity index (χ1n) is 10.2. The molecule has 0 N–H and O–H groups in total. The maximum Gasteiger partial charge on any atom is 0.336 e. The zero-order valence-electron chi connectivity index (χ0n) is 16.5. The van der Waals surface area contributed by atoms with Crippen molar-refractivity contribution in [2.75, 3.05) is 0 Å². The molecule has 1 spiro atoms. The predicted octanol–water partition coefficient (Wildman–Crippen LogP) is 5.36. The maximum absolute atomic E-state index is 13.1. The van der Waals surface area contributed by atoms with Crippen molar-refractivity contribution >= 4 is 16.8 Å². The summed E-state index contributed by atoms with van der Waals surface area (Å²) in [6, 6.07) is 3.47. The summed E-state index contributed by atoms with van der Waals surface area (Å²) in [7, 11) is 0. The first-order valence-corrected chi connectivity index (χ1v) is 10.2. The molecule has 1 aromatic heterocycles. The van der Waals surface area contributed by atoms with E-state index in [0.717, 1.165) is 55.0 Å². The minimum Gasteiger partial charge on any atom is -0.486 e. The Morgan fingerprint density at radius 2 is 2.07 bits per heavy atom. The highest BCUT2D eigenvalue weighted by Gasteiger charge is 2.44. The van der Waals surface area contributed by atoms with Gasteiger partial charge in [0, 0.05) is 17.0 Å². The third kappa shape index (κ3) is 3.19. The van der Waals surface area contributed by atoms with E-state index in [1.54, 1.807) is 6.07 Å². The Bertz CT molecular complexity index is 955. The summed E-state index contributed by atoms with van der Waals surface area (Å²) in [5.74, 6) is 1.35. The van der Waals surface area contributed by atoms with Crippen LogP contribution in [-0.2, 0) is 6.42 Å². The normalized spacial score (nSPS) is 24.9. The Kier molecular flexibility index (Phi) is 4.61. The fourth-order valence-corrected chi connectivity index (χ4v) is 4.92. The van der Waals surface area contributed by atoms with Crippen LogP contribution in [0.5, 0.6) is 5.75 Å². The standard InChI is InChI=1S/C23H28O4/c1-4-5-8-16-10-20(25)26-21-15(3)22-18(11-17(16)21)19(24)13-23(27-22)9-6-7-14(2)12-23/h10-11,14H,4-9,12-13H2,1-3H3. The zero-order valence-corrected chi connectivity index (χ0v) is 16.5. The van der Waals surface area contributed by atoms with Crippen molar-refractivity contribution in [3.05, 3.63) is 39.2 Å². The SMILES string of the molecule is CCCCc1cc(=O)oc2c(C)c3c(cc12)C(=O)CC1(CCCC(C)C1)O3. The van der Waals surface area contributed by atoms with Gasteiger partial charge < -0.3 is 9.15 Å². The van der Waals surface area contributed by atoms with Gasteiger partial charge in [0.2, 0.25) is 0 Å². The maximum atomic E-state index is 13.1. The Morgan fingerprint density at radius 3 is 2.81 bits per heavy atom. The predicted molar refractivity (Wildman–Crippen MR) is 106 cm³/mol. The number of carbonyl (C=O) groups is 1. The minimum absolute atomic E-state index is 0.156. The molecule has 2 aliphatic rings. The van der Waals surface area contributed by atoms with E-state index >= 15 is 0 Å². The number of rotatable bonds is 3. The lowest BCUT2D eigenvalue weighted by Gasteiger charge is -2.43. The van der Waals surface area contributed by atoms with Crippen molar-refractivity contribution in [2.24, 2.45) is 5.92 Å². The molecule has 2 heterocycles. The van der Waals surface area contributed by atoms with E-state index in [4.69, 9.17) is 9.15 Å².